The maximum absolute atomic E-state index is 10.3. The van der Waals surface area contributed by atoms with Gasteiger partial charge in [-0.15, -0.1) is 10.2 Å². The predicted molar refractivity (Wildman–Crippen MR) is 136 cm³/mol. The minimum atomic E-state index is -1.07. The minimum Gasteiger partial charge on any atom is -0.465 e. The highest BCUT2D eigenvalue weighted by Gasteiger charge is 2.27. The van der Waals surface area contributed by atoms with Crippen molar-refractivity contribution in [1.29, 1.82) is 0 Å². The van der Waals surface area contributed by atoms with Gasteiger partial charge in [0.1, 0.15) is 0 Å². The first-order valence-corrected chi connectivity index (χ1v) is 12.3. The molecule has 0 unspecified atom stereocenters. The summed E-state index contributed by atoms with van der Waals surface area (Å²) in [5.74, 6) is 0.667. The number of amides is 1. The quantitative estimate of drug-likeness (QED) is 0.359. The minimum absolute atomic E-state index is 0.125. The van der Waals surface area contributed by atoms with Crippen LogP contribution >= 0.6 is 23.2 Å². The number of tetrazole rings is 1. The molecular formula is C24H28Cl2N6O4. The van der Waals surface area contributed by atoms with Gasteiger partial charge in [0.2, 0.25) is 5.82 Å². The lowest BCUT2D eigenvalue weighted by Gasteiger charge is -2.33. The van der Waals surface area contributed by atoms with E-state index in [1.54, 1.807) is 6.07 Å². The number of hydrogen-bond acceptors (Lipinski definition) is 7. The van der Waals surface area contributed by atoms with Gasteiger partial charge >= 0.3 is 6.09 Å². The molecule has 36 heavy (non-hydrogen) atoms. The predicted octanol–water partition coefficient (Wildman–Crippen LogP) is 3.53. The normalized spacial score (nSPS) is 15.6. The molecule has 1 aliphatic rings. The van der Waals surface area contributed by atoms with Crippen molar-refractivity contribution in [2.45, 2.75) is 19.0 Å². The molecule has 2 aromatic carbocycles. The van der Waals surface area contributed by atoms with Gasteiger partial charge in [-0.2, -0.15) is 4.80 Å². The van der Waals surface area contributed by atoms with Crippen LogP contribution in [-0.2, 0) is 22.6 Å². The average molecular weight is 535 g/mol. The number of halogens is 2. The first-order chi connectivity index (χ1) is 17.4. The number of aromatic nitrogens is 4. The largest absolute Gasteiger partial charge is 0.465 e. The Bertz CT molecular complexity index is 1190. The number of carbonyl (C=O) groups is 1. The molecule has 4 rings (SSSR count). The lowest BCUT2D eigenvalue weighted by atomic mass is 9.84. The summed E-state index contributed by atoms with van der Waals surface area (Å²) in [6.07, 6.45) is -1.07. The molecule has 1 aliphatic heterocycles. The highest BCUT2D eigenvalue weighted by molar-refractivity contribution is 6.35. The average Bonchev–Trinajstić information content (AvgIpc) is 3.32. The summed E-state index contributed by atoms with van der Waals surface area (Å²) in [7, 11) is 2.09. The van der Waals surface area contributed by atoms with E-state index in [1.807, 2.05) is 18.2 Å². The van der Waals surface area contributed by atoms with Crippen molar-refractivity contribution in [3.8, 4) is 11.4 Å². The van der Waals surface area contributed by atoms with E-state index in [2.05, 4.69) is 44.8 Å². The number of nitrogens with zero attached hydrogens (tertiary/aromatic N) is 5. The Balaban J connectivity index is 1.34. The highest BCUT2D eigenvalue weighted by atomic mass is 35.5. The van der Waals surface area contributed by atoms with Gasteiger partial charge < -0.3 is 24.8 Å². The summed E-state index contributed by atoms with van der Waals surface area (Å²) in [5.41, 5.74) is 4.28. The molecule has 2 N–H and O–H groups in total. The zero-order valence-corrected chi connectivity index (χ0v) is 21.4. The van der Waals surface area contributed by atoms with Crippen molar-refractivity contribution in [1.82, 2.24) is 30.4 Å². The highest BCUT2D eigenvalue weighted by Crippen LogP contribution is 2.39. The molecule has 10 nitrogen and oxygen atoms in total. The summed E-state index contributed by atoms with van der Waals surface area (Å²) in [6, 6.07) is 12.0. The van der Waals surface area contributed by atoms with Gasteiger partial charge in [-0.3, -0.25) is 0 Å². The first-order valence-electron chi connectivity index (χ1n) is 11.6. The Labute approximate surface area is 219 Å². The van der Waals surface area contributed by atoms with Crippen LogP contribution in [0.25, 0.3) is 11.4 Å². The lowest BCUT2D eigenvalue weighted by Crippen LogP contribution is -2.31. The molecule has 192 valence electrons. The van der Waals surface area contributed by atoms with Gasteiger partial charge in [-0.25, -0.2) is 4.79 Å². The number of ether oxygens (including phenoxy) is 2. The van der Waals surface area contributed by atoms with Crippen molar-refractivity contribution in [3.63, 3.8) is 0 Å². The molecule has 12 heteroatoms. The number of fused-ring (bicyclic) bond motifs is 1. The van der Waals surface area contributed by atoms with Crippen molar-refractivity contribution >= 4 is 29.3 Å². The molecule has 0 spiro atoms. The summed E-state index contributed by atoms with van der Waals surface area (Å²) >= 11 is 12.8. The van der Waals surface area contributed by atoms with E-state index < -0.39 is 6.09 Å². The lowest BCUT2D eigenvalue weighted by molar-refractivity contribution is 0.0439. The third-order valence-corrected chi connectivity index (χ3v) is 6.38. The summed E-state index contributed by atoms with van der Waals surface area (Å²) in [6.45, 7) is 3.80. The molecular weight excluding hydrogens is 507 g/mol. The molecule has 0 aliphatic carbocycles. The Morgan fingerprint density at radius 1 is 1.17 bits per heavy atom. The summed E-state index contributed by atoms with van der Waals surface area (Å²) in [4.78, 5) is 14.1. The monoisotopic (exact) mass is 534 g/mol. The number of hydrogen-bond donors (Lipinski definition) is 2. The van der Waals surface area contributed by atoms with E-state index in [1.165, 1.54) is 4.80 Å². The van der Waals surface area contributed by atoms with Gasteiger partial charge in [0.15, 0.2) is 0 Å². The molecule has 0 saturated carbocycles. The standard InChI is InChI=1S/C24H28Cl2N6O4/c1-31-14-20(19-12-18(25)13-22(26)21(19)15-31)16-3-2-4-17(11-16)23-28-30-32(29-23)6-8-36-10-9-35-7-5-27-24(33)34/h2-4,11-13,20,27H,5-10,14-15H2,1H3,(H,33,34)/t20-/m0/s1. The number of nitrogens with one attached hydrogen (secondary N) is 1. The van der Waals surface area contributed by atoms with Crippen molar-refractivity contribution in [3.05, 3.63) is 63.1 Å². The topological polar surface area (TPSA) is 115 Å². The van der Waals surface area contributed by atoms with Crippen LogP contribution in [0.2, 0.25) is 10.0 Å². The Kier molecular flexibility index (Phi) is 9.11. The smallest absolute Gasteiger partial charge is 0.404 e. The molecule has 0 radical (unpaired) electrons. The fourth-order valence-electron chi connectivity index (χ4n) is 4.18. The molecule has 3 aromatic rings. The molecule has 0 bridgehead atoms. The number of rotatable bonds is 11. The molecule has 2 heterocycles. The molecule has 0 saturated heterocycles. The number of likely N-dealkylation sites (N-methyl/N-ethyl adjacent to an activating group) is 1. The van der Waals surface area contributed by atoms with E-state index >= 15 is 0 Å². The van der Waals surface area contributed by atoms with Crippen molar-refractivity contribution in [2.75, 3.05) is 46.6 Å². The van der Waals surface area contributed by atoms with E-state index in [-0.39, 0.29) is 12.5 Å². The second kappa shape index (κ2) is 12.5. The maximum atomic E-state index is 10.3. The molecule has 1 aromatic heterocycles. The summed E-state index contributed by atoms with van der Waals surface area (Å²) < 4.78 is 10.8. The van der Waals surface area contributed by atoms with E-state index in [4.69, 9.17) is 37.8 Å². The SMILES string of the molecule is CN1Cc2c(Cl)cc(Cl)cc2[C@H](c2cccc(-c3nnn(CCOCCOCCNC(=O)O)n3)c2)C1. The first kappa shape index (κ1) is 26.3. The maximum Gasteiger partial charge on any atom is 0.404 e. The molecule has 0 fully saturated rings. The van der Waals surface area contributed by atoms with Crippen LogP contribution in [0.3, 0.4) is 0 Å². The second-order valence-electron chi connectivity index (χ2n) is 8.50. The summed E-state index contributed by atoms with van der Waals surface area (Å²) in [5, 5.41) is 24.9. The van der Waals surface area contributed by atoms with Crippen LogP contribution in [0.5, 0.6) is 0 Å². The fourth-order valence-corrected chi connectivity index (χ4v) is 4.75. The van der Waals surface area contributed by atoms with Crippen LogP contribution in [0.15, 0.2) is 36.4 Å². The van der Waals surface area contributed by atoms with Crippen LogP contribution < -0.4 is 5.32 Å². The van der Waals surface area contributed by atoms with Gasteiger partial charge in [-0.05, 0) is 47.2 Å². The number of benzene rings is 2. The van der Waals surface area contributed by atoms with Gasteiger partial charge in [0.05, 0.1) is 33.0 Å². The van der Waals surface area contributed by atoms with Crippen LogP contribution in [0.1, 0.15) is 22.6 Å². The zero-order chi connectivity index (χ0) is 25.5. The Morgan fingerprint density at radius 3 is 2.78 bits per heavy atom. The molecule has 1 amide bonds. The fraction of sp³-hybridized carbons (Fsp3) is 0.417. The third kappa shape index (κ3) is 6.92. The van der Waals surface area contributed by atoms with Crippen LogP contribution in [0, 0.1) is 0 Å². The van der Waals surface area contributed by atoms with E-state index in [9.17, 15) is 4.79 Å². The third-order valence-electron chi connectivity index (χ3n) is 5.82. The zero-order valence-electron chi connectivity index (χ0n) is 19.9. The Hall–Kier alpha value is -2.76. The van der Waals surface area contributed by atoms with Gasteiger partial charge in [-0.1, -0.05) is 41.4 Å². The Morgan fingerprint density at radius 2 is 1.97 bits per heavy atom. The van der Waals surface area contributed by atoms with E-state index in [0.29, 0.717) is 48.8 Å². The van der Waals surface area contributed by atoms with Crippen LogP contribution in [-0.4, -0.2) is 82.9 Å². The van der Waals surface area contributed by atoms with Crippen molar-refractivity contribution < 1.29 is 19.4 Å². The van der Waals surface area contributed by atoms with E-state index in [0.717, 1.165) is 35.3 Å². The number of carboxylic acid groups (broad SMARTS) is 1. The van der Waals surface area contributed by atoms with Gasteiger partial charge in [0.25, 0.3) is 0 Å². The molecule has 1 atom stereocenters. The van der Waals surface area contributed by atoms with Crippen LogP contribution in [0.4, 0.5) is 4.79 Å². The van der Waals surface area contributed by atoms with Gasteiger partial charge in [0, 0.05) is 41.2 Å². The second-order valence-corrected chi connectivity index (χ2v) is 9.34. The van der Waals surface area contributed by atoms with Crippen molar-refractivity contribution in [2.24, 2.45) is 0 Å².